The van der Waals surface area contributed by atoms with Crippen LogP contribution in [-0.4, -0.2) is 20.6 Å². The first-order chi connectivity index (χ1) is 11.6. The van der Waals surface area contributed by atoms with Gasteiger partial charge in [0, 0.05) is 5.39 Å². The molecule has 1 N–H and O–H groups in total. The van der Waals surface area contributed by atoms with Gasteiger partial charge in [0.2, 0.25) is 0 Å². The minimum atomic E-state index is -0.424. The molecule has 0 heterocycles. The van der Waals surface area contributed by atoms with Crippen molar-refractivity contribution in [3.05, 3.63) is 41.2 Å². The molecule has 0 saturated heterocycles. The third-order valence-electron chi connectivity index (χ3n) is 2.57. The minimum absolute atomic E-state index is 0.234. The van der Waals surface area contributed by atoms with Crippen molar-refractivity contribution in [2.24, 2.45) is 0 Å². The molecule has 2 aromatic carbocycles. The summed E-state index contributed by atoms with van der Waals surface area (Å²) in [6.07, 6.45) is 5.30. The lowest BCUT2D eigenvalue weighted by Crippen LogP contribution is -1.93. The van der Waals surface area contributed by atoms with E-state index in [1.54, 1.807) is 25.1 Å². The molecule has 3 nitrogen and oxygen atoms in total. The number of terminal acetylenes is 1. The molecule has 0 atom stereocenters. The highest BCUT2D eigenvalue weighted by Crippen LogP contribution is 2.28. The summed E-state index contributed by atoms with van der Waals surface area (Å²) in [5.74, 6) is 2.34. The maximum absolute atomic E-state index is 13.5. The summed E-state index contributed by atoms with van der Waals surface area (Å²) in [7, 11) is 3.75. The summed E-state index contributed by atoms with van der Waals surface area (Å²) in [6, 6.07) is 6.21. The number of rotatable bonds is 2. The second-order valence-electron chi connectivity index (χ2n) is 4.12. The first-order valence-electron chi connectivity index (χ1n) is 7.97. The largest absolute Gasteiger partial charge is 0.429 e. The number of nitrogens with one attached hydrogen (secondary N) is 1. The zero-order valence-corrected chi connectivity index (χ0v) is 15.7. The highest BCUT2D eigenvalue weighted by molar-refractivity contribution is 5.92. The standard InChI is InChI=1S/C14H9FO2.C2H7N.2C2H6/c1-3-12-13(15)5-4-10-7-11(17-8-16)6-9(2)14(10)12;1-3-2;2*1-2/h1,4-8H,2H3;3H,1-2H3;2*1-2H3. The Bertz CT molecular complexity index is 661. The third kappa shape index (κ3) is 6.80. The zero-order chi connectivity index (χ0) is 19.1. The van der Waals surface area contributed by atoms with Crippen LogP contribution in [0.3, 0.4) is 0 Å². The van der Waals surface area contributed by atoms with E-state index in [0.717, 1.165) is 10.9 Å². The van der Waals surface area contributed by atoms with Gasteiger partial charge in [-0.15, -0.1) is 6.42 Å². The maximum Gasteiger partial charge on any atom is 0.298 e. The molecule has 24 heavy (non-hydrogen) atoms. The molecule has 0 aromatic heterocycles. The van der Waals surface area contributed by atoms with Crippen LogP contribution in [0, 0.1) is 25.1 Å². The van der Waals surface area contributed by atoms with Crippen LogP contribution < -0.4 is 10.1 Å². The molecule has 0 aliphatic rings. The van der Waals surface area contributed by atoms with E-state index in [9.17, 15) is 9.18 Å². The molecular formula is C20H28FNO2. The van der Waals surface area contributed by atoms with Crippen LogP contribution >= 0.6 is 0 Å². The second kappa shape index (κ2) is 14.2. The van der Waals surface area contributed by atoms with Gasteiger partial charge in [0.1, 0.15) is 11.6 Å². The number of carbonyl (C=O) groups is 1. The molecule has 0 fully saturated rings. The number of fused-ring (bicyclic) bond motifs is 1. The summed E-state index contributed by atoms with van der Waals surface area (Å²) < 4.78 is 18.3. The molecule has 0 bridgehead atoms. The molecule has 4 heteroatoms. The van der Waals surface area contributed by atoms with Crippen LogP contribution in [0.1, 0.15) is 38.8 Å². The lowest BCUT2D eigenvalue weighted by molar-refractivity contribution is -0.120. The Kier molecular flexibility index (Phi) is 14.2. The van der Waals surface area contributed by atoms with Gasteiger partial charge in [-0.05, 0) is 50.2 Å². The summed E-state index contributed by atoms with van der Waals surface area (Å²) in [6.45, 7) is 10.1. The topological polar surface area (TPSA) is 38.3 Å². The molecule has 0 saturated carbocycles. The summed E-state index contributed by atoms with van der Waals surface area (Å²) in [5.41, 5.74) is 1.00. The molecule has 132 valence electrons. The van der Waals surface area contributed by atoms with Crippen LogP contribution in [0.5, 0.6) is 5.75 Å². The molecule has 0 unspecified atom stereocenters. The third-order valence-corrected chi connectivity index (χ3v) is 2.57. The number of halogens is 1. The number of hydrogen-bond acceptors (Lipinski definition) is 3. The van der Waals surface area contributed by atoms with Gasteiger partial charge in [-0.1, -0.05) is 39.7 Å². The SMILES string of the molecule is C#Cc1c(F)ccc2cc(OC=O)cc(C)c12.CC.CC.CNC. The summed E-state index contributed by atoms with van der Waals surface area (Å²) in [4.78, 5) is 10.3. The van der Waals surface area contributed by atoms with Crippen LogP contribution in [0.2, 0.25) is 0 Å². The van der Waals surface area contributed by atoms with Gasteiger partial charge in [0.25, 0.3) is 6.47 Å². The molecule has 2 aromatic rings. The van der Waals surface area contributed by atoms with Crippen molar-refractivity contribution < 1.29 is 13.9 Å². The van der Waals surface area contributed by atoms with E-state index >= 15 is 0 Å². The normalized spacial score (nSPS) is 8.29. The van der Waals surface area contributed by atoms with Gasteiger partial charge in [-0.25, -0.2) is 4.39 Å². The average molecular weight is 333 g/mol. The summed E-state index contributed by atoms with van der Waals surface area (Å²) in [5, 5.41) is 4.17. The fourth-order valence-electron chi connectivity index (χ4n) is 1.88. The van der Waals surface area contributed by atoms with Crippen LogP contribution in [0.4, 0.5) is 4.39 Å². The quantitative estimate of drug-likeness (QED) is 0.640. The van der Waals surface area contributed by atoms with Crippen LogP contribution in [-0.2, 0) is 4.79 Å². The molecule has 0 amide bonds. The number of ether oxygens (including phenoxy) is 1. The van der Waals surface area contributed by atoms with E-state index in [4.69, 9.17) is 11.2 Å². The lowest BCUT2D eigenvalue weighted by atomic mass is 9.99. The van der Waals surface area contributed by atoms with Crippen molar-refractivity contribution in [1.29, 1.82) is 0 Å². The van der Waals surface area contributed by atoms with E-state index in [0.29, 0.717) is 17.6 Å². The lowest BCUT2D eigenvalue weighted by Gasteiger charge is -2.08. The van der Waals surface area contributed by atoms with Crippen molar-refractivity contribution in [2.75, 3.05) is 14.1 Å². The highest BCUT2D eigenvalue weighted by atomic mass is 19.1. The smallest absolute Gasteiger partial charge is 0.298 e. The molecule has 0 radical (unpaired) electrons. The van der Waals surface area contributed by atoms with E-state index < -0.39 is 5.82 Å². The van der Waals surface area contributed by atoms with Gasteiger partial charge >= 0.3 is 0 Å². The Balaban J connectivity index is 0. The van der Waals surface area contributed by atoms with Crippen molar-refractivity contribution >= 4 is 17.2 Å². The van der Waals surface area contributed by atoms with Crippen LogP contribution in [0.25, 0.3) is 10.8 Å². The van der Waals surface area contributed by atoms with Crippen LogP contribution in [0.15, 0.2) is 24.3 Å². The fourth-order valence-corrected chi connectivity index (χ4v) is 1.88. The average Bonchev–Trinajstić information content (AvgIpc) is 2.60. The zero-order valence-electron chi connectivity index (χ0n) is 15.7. The monoisotopic (exact) mass is 333 g/mol. The number of carbonyl (C=O) groups excluding carboxylic acids is 1. The Morgan fingerprint density at radius 1 is 1.17 bits per heavy atom. The number of hydrogen-bond donors (Lipinski definition) is 1. The molecule has 0 aliphatic heterocycles. The molecule has 2 rings (SSSR count). The van der Waals surface area contributed by atoms with Gasteiger partial charge in [-0.3, -0.25) is 4.79 Å². The van der Waals surface area contributed by atoms with Gasteiger partial charge in [0.05, 0.1) is 5.56 Å². The Morgan fingerprint density at radius 3 is 2.17 bits per heavy atom. The first-order valence-corrected chi connectivity index (χ1v) is 7.97. The van der Waals surface area contributed by atoms with Gasteiger partial charge in [0.15, 0.2) is 0 Å². The predicted molar refractivity (Wildman–Crippen MR) is 101 cm³/mol. The van der Waals surface area contributed by atoms with Crippen molar-refractivity contribution in [1.82, 2.24) is 5.32 Å². The van der Waals surface area contributed by atoms with E-state index in [2.05, 4.69) is 11.2 Å². The first kappa shape index (κ1) is 23.9. The molecular weight excluding hydrogens is 305 g/mol. The van der Waals surface area contributed by atoms with Gasteiger partial charge in [-0.2, -0.15) is 0 Å². The van der Waals surface area contributed by atoms with Crippen molar-refractivity contribution in [3.8, 4) is 18.1 Å². The van der Waals surface area contributed by atoms with Crippen molar-refractivity contribution in [3.63, 3.8) is 0 Å². The van der Waals surface area contributed by atoms with E-state index in [-0.39, 0.29) is 5.56 Å². The van der Waals surface area contributed by atoms with E-state index in [1.807, 2.05) is 41.8 Å². The maximum atomic E-state index is 13.5. The second-order valence-corrected chi connectivity index (χ2v) is 4.12. The molecule has 0 aliphatic carbocycles. The molecule has 0 spiro atoms. The fraction of sp³-hybridized carbons (Fsp3) is 0.350. The Hall–Kier alpha value is -2.38. The summed E-state index contributed by atoms with van der Waals surface area (Å²) >= 11 is 0. The minimum Gasteiger partial charge on any atom is -0.429 e. The number of benzene rings is 2. The predicted octanol–water partition coefficient (Wildman–Crippen LogP) is 4.69. The van der Waals surface area contributed by atoms with E-state index in [1.165, 1.54) is 6.07 Å². The highest BCUT2D eigenvalue weighted by Gasteiger charge is 2.09. The van der Waals surface area contributed by atoms with Crippen molar-refractivity contribution in [2.45, 2.75) is 34.6 Å². The Labute approximate surface area is 145 Å². The van der Waals surface area contributed by atoms with Gasteiger partial charge < -0.3 is 10.1 Å². The number of aryl methyl sites for hydroxylation is 1. The Morgan fingerprint density at radius 2 is 1.71 bits per heavy atom.